The van der Waals surface area contributed by atoms with E-state index in [0.29, 0.717) is 39.1 Å². The van der Waals surface area contributed by atoms with Crippen molar-refractivity contribution in [3.05, 3.63) is 69.1 Å². The maximum Gasteiger partial charge on any atom is 0.264 e. The average Bonchev–Trinajstić information content (AvgIpc) is 2.79. The second kappa shape index (κ2) is 9.06. The van der Waals surface area contributed by atoms with Gasteiger partial charge in [0.2, 0.25) is 5.91 Å². The van der Waals surface area contributed by atoms with E-state index in [9.17, 15) is 19.5 Å². The lowest BCUT2D eigenvalue weighted by Gasteiger charge is -2.34. The van der Waals surface area contributed by atoms with Crippen molar-refractivity contribution in [2.75, 3.05) is 26.2 Å². The van der Waals surface area contributed by atoms with E-state index in [0.717, 1.165) is 29.5 Å². The number of aromatic nitrogens is 1. The van der Waals surface area contributed by atoms with Crippen LogP contribution in [0, 0.1) is 5.92 Å². The van der Waals surface area contributed by atoms with Crippen molar-refractivity contribution in [2.45, 2.75) is 39.3 Å². The van der Waals surface area contributed by atoms with Gasteiger partial charge in [0, 0.05) is 45.9 Å². The Hall–Kier alpha value is -2.93. The predicted octanol–water partition coefficient (Wildman–Crippen LogP) is 1.65. The molecule has 2 amide bonds. The van der Waals surface area contributed by atoms with Crippen molar-refractivity contribution in [2.24, 2.45) is 5.92 Å². The lowest BCUT2D eigenvalue weighted by molar-refractivity contribution is -0.129. The van der Waals surface area contributed by atoms with E-state index < -0.39 is 0 Å². The molecule has 0 saturated carbocycles. The number of aliphatic hydroxyl groups is 1. The number of carbonyl (C=O) groups is 2. The van der Waals surface area contributed by atoms with Crippen LogP contribution in [0.25, 0.3) is 0 Å². The van der Waals surface area contributed by atoms with E-state index in [-0.39, 0.29) is 35.5 Å². The van der Waals surface area contributed by atoms with Crippen molar-refractivity contribution >= 4 is 11.8 Å². The summed E-state index contributed by atoms with van der Waals surface area (Å²) in [5, 5.41) is 9.56. The number of rotatable bonds is 4. The van der Waals surface area contributed by atoms with Crippen molar-refractivity contribution in [3.8, 4) is 0 Å². The molecule has 0 spiro atoms. The molecule has 7 nitrogen and oxygen atoms in total. The normalized spacial score (nSPS) is 18.6. The third-order valence-corrected chi connectivity index (χ3v) is 6.39. The SMILES string of the molecule is CC(=O)N1CCc2c(cn(Cc3ccccc3)c(=O)c2C(=O)N2CCCC(CO)C2)C1. The van der Waals surface area contributed by atoms with E-state index in [4.69, 9.17) is 0 Å². The first-order chi connectivity index (χ1) is 15.0. The number of amides is 2. The minimum atomic E-state index is -0.282. The molecule has 2 aliphatic heterocycles. The molecule has 0 bridgehead atoms. The number of hydrogen-bond donors (Lipinski definition) is 1. The minimum Gasteiger partial charge on any atom is -0.396 e. The molecule has 1 unspecified atom stereocenters. The number of likely N-dealkylation sites (tertiary alicyclic amines) is 1. The van der Waals surface area contributed by atoms with Gasteiger partial charge in [-0.15, -0.1) is 0 Å². The molecular formula is C24H29N3O4. The van der Waals surface area contributed by atoms with Crippen LogP contribution in [0.2, 0.25) is 0 Å². The lowest BCUT2D eigenvalue weighted by Crippen LogP contribution is -2.45. The molecule has 2 aromatic rings. The van der Waals surface area contributed by atoms with Crippen molar-refractivity contribution in [1.82, 2.24) is 14.4 Å². The summed E-state index contributed by atoms with van der Waals surface area (Å²) in [6.45, 7) is 3.92. The van der Waals surface area contributed by atoms with Crippen LogP contribution in [0.5, 0.6) is 0 Å². The summed E-state index contributed by atoms with van der Waals surface area (Å²) in [6, 6.07) is 9.67. The van der Waals surface area contributed by atoms with Gasteiger partial charge in [-0.05, 0) is 41.9 Å². The number of fused-ring (bicyclic) bond motifs is 1. The first kappa shape index (κ1) is 21.3. The summed E-state index contributed by atoms with van der Waals surface area (Å²) in [4.78, 5) is 42.4. The van der Waals surface area contributed by atoms with E-state index in [1.807, 2.05) is 36.5 Å². The number of aliphatic hydroxyl groups excluding tert-OH is 1. The molecule has 0 aliphatic carbocycles. The Morgan fingerprint density at radius 3 is 2.61 bits per heavy atom. The smallest absolute Gasteiger partial charge is 0.264 e. The van der Waals surface area contributed by atoms with Gasteiger partial charge in [0.1, 0.15) is 5.56 Å². The van der Waals surface area contributed by atoms with Gasteiger partial charge in [-0.25, -0.2) is 0 Å². The number of hydrogen-bond acceptors (Lipinski definition) is 4. The van der Waals surface area contributed by atoms with Crippen LogP contribution in [0.1, 0.15) is 46.8 Å². The predicted molar refractivity (Wildman–Crippen MR) is 117 cm³/mol. The minimum absolute atomic E-state index is 0.0128. The molecular weight excluding hydrogens is 394 g/mol. The zero-order valence-corrected chi connectivity index (χ0v) is 17.9. The Morgan fingerprint density at radius 1 is 1.13 bits per heavy atom. The monoisotopic (exact) mass is 423 g/mol. The van der Waals surface area contributed by atoms with Gasteiger partial charge in [-0.3, -0.25) is 14.4 Å². The molecule has 1 aromatic heterocycles. The Labute approximate surface area is 181 Å². The van der Waals surface area contributed by atoms with Crippen LogP contribution in [-0.2, 0) is 24.3 Å². The zero-order chi connectivity index (χ0) is 22.0. The fourth-order valence-electron chi connectivity index (χ4n) is 4.65. The average molecular weight is 424 g/mol. The van der Waals surface area contributed by atoms with Crippen LogP contribution >= 0.6 is 0 Å². The lowest BCUT2D eigenvalue weighted by atomic mass is 9.93. The fraction of sp³-hybridized carbons (Fsp3) is 0.458. The molecule has 1 N–H and O–H groups in total. The highest BCUT2D eigenvalue weighted by Crippen LogP contribution is 2.24. The molecule has 31 heavy (non-hydrogen) atoms. The van der Waals surface area contributed by atoms with Crippen molar-refractivity contribution in [3.63, 3.8) is 0 Å². The van der Waals surface area contributed by atoms with E-state index in [1.54, 1.807) is 21.3 Å². The molecule has 0 radical (unpaired) electrons. The zero-order valence-electron chi connectivity index (χ0n) is 17.9. The quantitative estimate of drug-likeness (QED) is 0.811. The number of nitrogens with zero attached hydrogens (tertiary/aromatic N) is 3. The van der Waals surface area contributed by atoms with Gasteiger partial charge in [0.15, 0.2) is 0 Å². The van der Waals surface area contributed by atoms with Gasteiger partial charge in [-0.2, -0.15) is 0 Å². The van der Waals surface area contributed by atoms with Gasteiger partial charge < -0.3 is 19.5 Å². The highest BCUT2D eigenvalue weighted by Gasteiger charge is 2.31. The Balaban J connectivity index is 1.76. The number of carbonyl (C=O) groups excluding carboxylic acids is 2. The third-order valence-electron chi connectivity index (χ3n) is 6.39. The third kappa shape index (κ3) is 4.42. The van der Waals surface area contributed by atoms with Crippen LogP contribution in [0.15, 0.2) is 41.3 Å². The maximum absolute atomic E-state index is 13.5. The second-order valence-electron chi connectivity index (χ2n) is 8.56. The number of piperidine rings is 1. The van der Waals surface area contributed by atoms with E-state index >= 15 is 0 Å². The Bertz CT molecular complexity index is 1030. The summed E-state index contributed by atoms with van der Waals surface area (Å²) >= 11 is 0. The van der Waals surface area contributed by atoms with Gasteiger partial charge in [0.25, 0.3) is 11.5 Å². The molecule has 1 aromatic carbocycles. The topological polar surface area (TPSA) is 82.9 Å². The van der Waals surface area contributed by atoms with Crippen LogP contribution in [0.3, 0.4) is 0 Å². The Kier molecular flexibility index (Phi) is 6.23. The molecule has 2 aliphatic rings. The number of pyridine rings is 1. The first-order valence-electron chi connectivity index (χ1n) is 10.9. The largest absolute Gasteiger partial charge is 0.396 e. The van der Waals surface area contributed by atoms with Gasteiger partial charge >= 0.3 is 0 Å². The standard InChI is InChI=1S/C24H29N3O4/c1-17(29)25-11-9-21-20(14-25)15-27(12-18-6-3-2-4-7-18)24(31)22(21)23(30)26-10-5-8-19(13-26)16-28/h2-4,6-7,15,19,28H,5,8-14,16H2,1H3. The van der Waals surface area contributed by atoms with Crippen LogP contribution in [-0.4, -0.2) is 57.5 Å². The number of benzene rings is 1. The molecule has 164 valence electrons. The molecule has 1 fully saturated rings. The highest BCUT2D eigenvalue weighted by molar-refractivity contribution is 5.96. The Morgan fingerprint density at radius 2 is 1.90 bits per heavy atom. The highest BCUT2D eigenvalue weighted by atomic mass is 16.3. The maximum atomic E-state index is 13.5. The van der Waals surface area contributed by atoms with Gasteiger partial charge in [-0.1, -0.05) is 30.3 Å². The summed E-state index contributed by atoms with van der Waals surface area (Å²) in [5.74, 6) is -0.212. The van der Waals surface area contributed by atoms with Crippen LogP contribution in [0.4, 0.5) is 0 Å². The molecule has 1 saturated heterocycles. The second-order valence-corrected chi connectivity index (χ2v) is 8.56. The van der Waals surface area contributed by atoms with Crippen molar-refractivity contribution in [1.29, 1.82) is 0 Å². The molecule has 4 rings (SSSR count). The molecule has 1 atom stereocenters. The van der Waals surface area contributed by atoms with E-state index in [1.165, 1.54) is 0 Å². The van der Waals surface area contributed by atoms with Crippen LogP contribution < -0.4 is 5.56 Å². The first-order valence-corrected chi connectivity index (χ1v) is 10.9. The summed E-state index contributed by atoms with van der Waals surface area (Å²) in [7, 11) is 0. The fourth-order valence-corrected chi connectivity index (χ4v) is 4.65. The molecule has 3 heterocycles. The summed E-state index contributed by atoms with van der Waals surface area (Å²) < 4.78 is 1.60. The molecule has 7 heteroatoms. The van der Waals surface area contributed by atoms with E-state index in [2.05, 4.69) is 0 Å². The summed E-state index contributed by atoms with van der Waals surface area (Å²) in [6.07, 6.45) is 4.01. The van der Waals surface area contributed by atoms with Crippen molar-refractivity contribution < 1.29 is 14.7 Å². The summed E-state index contributed by atoms with van der Waals surface area (Å²) in [5.41, 5.74) is 2.55. The van der Waals surface area contributed by atoms with Gasteiger partial charge in [0.05, 0.1) is 6.54 Å².